The van der Waals surface area contributed by atoms with Crippen molar-refractivity contribution in [1.29, 1.82) is 0 Å². The summed E-state index contributed by atoms with van der Waals surface area (Å²) < 4.78 is 19.1. The average molecular weight is 483 g/mol. The van der Waals surface area contributed by atoms with Crippen molar-refractivity contribution < 1.29 is 19.0 Å². The minimum absolute atomic E-state index is 0.0324. The molecule has 8 heteroatoms. The van der Waals surface area contributed by atoms with Crippen LogP contribution in [0.3, 0.4) is 0 Å². The molecule has 2 N–H and O–H groups in total. The zero-order chi connectivity index (χ0) is 22.7. The van der Waals surface area contributed by atoms with Crippen molar-refractivity contribution in [2.75, 3.05) is 7.05 Å². The maximum atomic E-state index is 13.5. The Morgan fingerprint density at radius 3 is 2.35 bits per heavy atom. The summed E-state index contributed by atoms with van der Waals surface area (Å²) in [5, 5.41) is 13.5. The number of phenols is 1. The van der Waals surface area contributed by atoms with Gasteiger partial charge in [-0.25, -0.2) is 4.39 Å². The summed E-state index contributed by atoms with van der Waals surface area (Å²) in [6.45, 7) is 1.62. The molecule has 0 fully saturated rings. The molecule has 0 aromatic heterocycles. The molecule has 0 bridgehead atoms. The lowest BCUT2D eigenvalue weighted by molar-refractivity contribution is -0.126. The van der Waals surface area contributed by atoms with Gasteiger partial charge in [-0.05, 0) is 60.0 Å². The maximum Gasteiger partial charge on any atom is 0.260 e. The molecular formula is C23H19Cl3FNO3. The highest BCUT2D eigenvalue weighted by atomic mass is 35.5. The number of hydrogen-bond acceptors (Lipinski definition) is 3. The number of carbonyl (C=O) groups excluding carboxylic acids is 1. The van der Waals surface area contributed by atoms with Gasteiger partial charge in [-0.2, -0.15) is 0 Å². The smallest absolute Gasteiger partial charge is 0.260 e. The van der Waals surface area contributed by atoms with E-state index < -0.39 is 11.9 Å². The molecule has 0 aliphatic heterocycles. The van der Waals surface area contributed by atoms with Crippen LogP contribution in [-0.4, -0.2) is 24.2 Å². The number of likely N-dealkylation sites (N-methyl/N-ethyl adjacent to an activating group) is 1. The lowest BCUT2D eigenvalue weighted by Crippen LogP contribution is -2.33. The van der Waals surface area contributed by atoms with Crippen LogP contribution in [0, 0.1) is 5.82 Å². The molecule has 1 amide bonds. The maximum absolute atomic E-state index is 13.5. The molecule has 31 heavy (non-hydrogen) atoms. The first-order valence-electron chi connectivity index (χ1n) is 9.33. The van der Waals surface area contributed by atoms with Gasteiger partial charge in [0.1, 0.15) is 17.3 Å². The first-order valence-corrected chi connectivity index (χ1v) is 10.5. The Kier molecular flexibility index (Phi) is 7.31. The zero-order valence-electron chi connectivity index (χ0n) is 16.7. The molecule has 3 aromatic carbocycles. The molecule has 1 atom stereocenters. The van der Waals surface area contributed by atoms with Crippen molar-refractivity contribution in [2.45, 2.75) is 19.4 Å². The van der Waals surface area contributed by atoms with Crippen LogP contribution >= 0.6 is 34.8 Å². The van der Waals surface area contributed by atoms with Gasteiger partial charge in [0.2, 0.25) is 0 Å². The van der Waals surface area contributed by atoms with E-state index in [-0.39, 0.29) is 16.7 Å². The van der Waals surface area contributed by atoms with E-state index in [9.17, 15) is 14.3 Å². The van der Waals surface area contributed by atoms with Gasteiger partial charge in [0.15, 0.2) is 6.10 Å². The number of aromatic hydroxyl groups is 1. The van der Waals surface area contributed by atoms with Crippen LogP contribution in [0.25, 0.3) is 11.1 Å². The van der Waals surface area contributed by atoms with Crippen LogP contribution in [0.1, 0.15) is 18.1 Å². The molecule has 162 valence electrons. The summed E-state index contributed by atoms with van der Waals surface area (Å²) in [7, 11) is 1.52. The van der Waals surface area contributed by atoms with Gasteiger partial charge in [0.05, 0.1) is 5.02 Å². The van der Waals surface area contributed by atoms with Crippen LogP contribution in [0.4, 0.5) is 4.39 Å². The number of hydrogen-bond donors (Lipinski definition) is 2. The summed E-state index contributed by atoms with van der Waals surface area (Å²) in [5.74, 6) is -0.390. The molecule has 0 radical (unpaired) electrons. The van der Waals surface area contributed by atoms with Crippen molar-refractivity contribution in [3.8, 4) is 22.6 Å². The predicted octanol–water partition coefficient (Wildman–Crippen LogP) is 6.26. The molecule has 0 saturated heterocycles. The van der Waals surface area contributed by atoms with Gasteiger partial charge >= 0.3 is 0 Å². The molecule has 0 spiro atoms. The van der Waals surface area contributed by atoms with Crippen molar-refractivity contribution in [3.05, 3.63) is 80.5 Å². The normalized spacial score (nSPS) is 11.8. The van der Waals surface area contributed by atoms with E-state index in [0.29, 0.717) is 38.9 Å². The van der Waals surface area contributed by atoms with Gasteiger partial charge in [-0.15, -0.1) is 0 Å². The lowest BCUT2D eigenvalue weighted by atomic mass is 9.98. The standard InChI is InChI=1S/C23H19Cl3FNO3/c1-12(23(30)28-2)31-15-10-18(24)17(19(25)11-15)8-13-3-6-22(29)16(7-13)14-4-5-21(27)20(26)9-14/h3-7,9-12,29H,8H2,1-2H3,(H,28,30)/t12-/m1/s1. The molecular weight excluding hydrogens is 464 g/mol. The lowest BCUT2D eigenvalue weighted by Gasteiger charge is -2.16. The number of nitrogens with one attached hydrogen (secondary N) is 1. The summed E-state index contributed by atoms with van der Waals surface area (Å²) >= 11 is 18.7. The SMILES string of the molecule is CNC(=O)[C@@H](C)Oc1cc(Cl)c(Cc2ccc(O)c(-c3ccc(F)c(Cl)c3)c2)c(Cl)c1. The second-order valence-corrected chi connectivity index (χ2v) is 8.12. The fraction of sp³-hybridized carbons (Fsp3) is 0.174. The van der Waals surface area contributed by atoms with Crippen molar-refractivity contribution in [2.24, 2.45) is 0 Å². The summed E-state index contributed by atoms with van der Waals surface area (Å²) in [5.41, 5.74) is 2.57. The van der Waals surface area contributed by atoms with Gasteiger partial charge in [-0.3, -0.25) is 4.79 Å². The number of carbonyl (C=O) groups is 1. The molecule has 0 heterocycles. The number of phenolic OH excluding ortho intramolecular Hbond substituents is 1. The number of halogens is 4. The molecule has 3 aromatic rings. The molecule has 0 aliphatic rings. The monoisotopic (exact) mass is 481 g/mol. The Labute approximate surface area is 194 Å². The fourth-order valence-corrected chi connectivity index (χ4v) is 3.85. The van der Waals surface area contributed by atoms with E-state index >= 15 is 0 Å². The first-order chi connectivity index (χ1) is 14.7. The highest BCUT2D eigenvalue weighted by Gasteiger charge is 2.16. The Bertz CT molecular complexity index is 1110. The number of rotatable bonds is 6. The van der Waals surface area contributed by atoms with Gasteiger partial charge in [0, 0.05) is 29.1 Å². The molecule has 3 rings (SSSR count). The minimum Gasteiger partial charge on any atom is -0.507 e. The van der Waals surface area contributed by atoms with E-state index in [0.717, 1.165) is 5.56 Å². The molecule has 0 saturated carbocycles. The van der Waals surface area contributed by atoms with E-state index in [2.05, 4.69) is 5.32 Å². The Balaban J connectivity index is 1.89. The largest absolute Gasteiger partial charge is 0.507 e. The summed E-state index contributed by atoms with van der Waals surface area (Å²) in [6, 6.07) is 12.5. The number of benzene rings is 3. The molecule has 0 unspecified atom stereocenters. The zero-order valence-corrected chi connectivity index (χ0v) is 18.9. The second kappa shape index (κ2) is 9.77. The molecule has 4 nitrogen and oxygen atoms in total. The third kappa shape index (κ3) is 5.42. The second-order valence-electron chi connectivity index (χ2n) is 6.90. The van der Waals surface area contributed by atoms with Gasteiger partial charge in [0.25, 0.3) is 5.91 Å². The first kappa shape index (κ1) is 23.2. The number of amides is 1. The van der Waals surface area contributed by atoms with Crippen LogP contribution in [0.5, 0.6) is 11.5 Å². The minimum atomic E-state index is -0.704. The predicted molar refractivity (Wildman–Crippen MR) is 122 cm³/mol. The van der Waals surface area contributed by atoms with Crippen molar-refractivity contribution in [3.63, 3.8) is 0 Å². The van der Waals surface area contributed by atoms with Crippen LogP contribution in [0.15, 0.2) is 48.5 Å². The Hall–Kier alpha value is -2.47. The highest BCUT2D eigenvalue weighted by molar-refractivity contribution is 6.36. The quantitative estimate of drug-likeness (QED) is 0.436. The van der Waals surface area contributed by atoms with E-state index in [1.165, 1.54) is 19.2 Å². The van der Waals surface area contributed by atoms with Gasteiger partial charge in [-0.1, -0.05) is 46.9 Å². The van der Waals surface area contributed by atoms with Crippen LogP contribution in [-0.2, 0) is 11.2 Å². The average Bonchev–Trinajstić information content (AvgIpc) is 2.73. The Morgan fingerprint density at radius 1 is 1.06 bits per heavy atom. The Morgan fingerprint density at radius 2 is 1.74 bits per heavy atom. The van der Waals surface area contributed by atoms with E-state index in [4.69, 9.17) is 39.5 Å². The summed E-state index contributed by atoms with van der Waals surface area (Å²) in [6.07, 6.45) is -0.323. The van der Waals surface area contributed by atoms with Crippen LogP contribution < -0.4 is 10.1 Å². The van der Waals surface area contributed by atoms with Gasteiger partial charge < -0.3 is 15.2 Å². The highest BCUT2D eigenvalue weighted by Crippen LogP contribution is 2.36. The van der Waals surface area contributed by atoms with E-state index in [1.807, 2.05) is 0 Å². The fourth-order valence-electron chi connectivity index (χ4n) is 3.07. The number of ether oxygens (including phenoxy) is 1. The summed E-state index contributed by atoms with van der Waals surface area (Å²) in [4.78, 5) is 11.7. The molecule has 0 aliphatic carbocycles. The van der Waals surface area contributed by atoms with Crippen molar-refractivity contribution in [1.82, 2.24) is 5.32 Å². The third-order valence-electron chi connectivity index (χ3n) is 4.72. The third-order valence-corrected chi connectivity index (χ3v) is 5.68. The topological polar surface area (TPSA) is 58.6 Å². The van der Waals surface area contributed by atoms with Crippen molar-refractivity contribution >= 4 is 40.7 Å². The van der Waals surface area contributed by atoms with E-state index in [1.54, 1.807) is 43.3 Å². The van der Waals surface area contributed by atoms with Crippen LogP contribution in [0.2, 0.25) is 15.1 Å².